The van der Waals surface area contributed by atoms with E-state index in [2.05, 4.69) is 27.3 Å². The second kappa shape index (κ2) is 4.86. The number of hydrogen-bond acceptors (Lipinski definition) is 4. The smallest absolute Gasteiger partial charge is 0.199 e. The summed E-state index contributed by atoms with van der Waals surface area (Å²) in [4.78, 5) is 4.52. The molecular formula is C16H12N4O. The second-order valence-corrected chi connectivity index (χ2v) is 4.79. The molecule has 0 saturated carbocycles. The molecule has 0 atom stereocenters. The first kappa shape index (κ1) is 11.8. The molecule has 0 bridgehead atoms. The molecule has 0 N–H and O–H groups in total. The molecule has 102 valence electrons. The van der Waals surface area contributed by atoms with E-state index in [0.29, 0.717) is 6.42 Å². The van der Waals surface area contributed by atoms with E-state index < -0.39 is 0 Å². The fourth-order valence-electron chi connectivity index (χ4n) is 2.30. The largest absolute Gasteiger partial charge is 0.440 e. The van der Waals surface area contributed by atoms with Crippen LogP contribution in [-0.4, -0.2) is 19.7 Å². The first-order valence-electron chi connectivity index (χ1n) is 6.67. The summed E-state index contributed by atoms with van der Waals surface area (Å²) in [6, 6.07) is 16.0. The van der Waals surface area contributed by atoms with Gasteiger partial charge in [-0.25, -0.2) is 4.98 Å². The fourth-order valence-corrected chi connectivity index (χ4v) is 2.30. The molecule has 21 heavy (non-hydrogen) atoms. The molecule has 0 saturated heterocycles. The molecule has 0 aliphatic carbocycles. The van der Waals surface area contributed by atoms with Gasteiger partial charge in [0.15, 0.2) is 11.5 Å². The standard InChI is InChI=1S/C16H12N4O/c1-2-4-12(5-3-1)8-16-19-14-7-6-13(9-15(14)21-16)20-10-17-18-11-20/h1-7,9-11H,8H2. The average molecular weight is 276 g/mol. The first-order chi connectivity index (χ1) is 10.4. The van der Waals surface area contributed by atoms with E-state index in [4.69, 9.17) is 4.42 Å². The van der Waals surface area contributed by atoms with Gasteiger partial charge in [0.1, 0.15) is 18.2 Å². The third-order valence-corrected chi connectivity index (χ3v) is 3.33. The maximum Gasteiger partial charge on any atom is 0.199 e. The van der Waals surface area contributed by atoms with Crippen molar-refractivity contribution < 1.29 is 4.42 Å². The van der Waals surface area contributed by atoms with Gasteiger partial charge in [-0.15, -0.1) is 10.2 Å². The molecule has 2 aromatic heterocycles. The molecule has 0 radical (unpaired) electrons. The number of oxazole rings is 1. The van der Waals surface area contributed by atoms with E-state index in [0.717, 1.165) is 22.7 Å². The van der Waals surface area contributed by atoms with Gasteiger partial charge in [0.05, 0.1) is 5.69 Å². The van der Waals surface area contributed by atoms with Gasteiger partial charge >= 0.3 is 0 Å². The van der Waals surface area contributed by atoms with Gasteiger partial charge < -0.3 is 4.42 Å². The highest BCUT2D eigenvalue weighted by atomic mass is 16.3. The average Bonchev–Trinajstić information content (AvgIpc) is 3.16. The summed E-state index contributed by atoms with van der Waals surface area (Å²) >= 11 is 0. The lowest BCUT2D eigenvalue weighted by molar-refractivity contribution is 0.544. The molecular weight excluding hydrogens is 264 g/mol. The van der Waals surface area contributed by atoms with Gasteiger partial charge in [-0.2, -0.15) is 0 Å². The summed E-state index contributed by atoms with van der Waals surface area (Å²) in [7, 11) is 0. The second-order valence-electron chi connectivity index (χ2n) is 4.79. The monoisotopic (exact) mass is 276 g/mol. The normalized spacial score (nSPS) is 11.0. The summed E-state index contributed by atoms with van der Waals surface area (Å²) in [5.41, 5.74) is 3.77. The van der Waals surface area contributed by atoms with Gasteiger partial charge in [0.2, 0.25) is 0 Å². The van der Waals surface area contributed by atoms with Crippen LogP contribution in [0.3, 0.4) is 0 Å². The van der Waals surface area contributed by atoms with E-state index in [1.165, 1.54) is 5.56 Å². The summed E-state index contributed by atoms with van der Waals surface area (Å²) < 4.78 is 7.68. The third-order valence-electron chi connectivity index (χ3n) is 3.33. The van der Waals surface area contributed by atoms with E-state index in [1.807, 2.05) is 41.0 Å². The van der Waals surface area contributed by atoms with Crippen molar-refractivity contribution >= 4 is 11.1 Å². The lowest BCUT2D eigenvalue weighted by Crippen LogP contribution is -1.88. The molecule has 0 aliphatic heterocycles. The molecule has 5 nitrogen and oxygen atoms in total. The van der Waals surface area contributed by atoms with Crippen molar-refractivity contribution in [1.82, 2.24) is 19.7 Å². The summed E-state index contributed by atoms with van der Waals surface area (Å²) in [5.74, 6) is 0.720. The molecule has 0 spiro atoms. The summed E-state index contributed by atoms with van der Waals surface area (Å²) in [5, 5.41) is 7.61. The van der Waals surface area contributed by atoms with Gasteiger partial charge in [-0.1, -0.05) is 30.3 Å². The number of fused-ring (bicyclic) bond motifs is 1. The van der Waals surface area contributed by atoms with E-state index in [9.17, 15) is 0 Å². The Morgan fingerprint density at radius 2 is 1.76 bits per heavy atom. The minimum absolute atomic E-state index is 0.692. The molecule has 0 aliphatic rings. The number of benzene rings is 2. The van der Waals surface area contributed by atoms with Crippen LogP contribution in [0.5, 0.6) is 0 Å². The van der Waals surface area contributed by atoms with Crippen molar-refractivity contribution in [3.63, 3.8) is 0 Å². The first-order valence-corrected chi connectivity index (χ1v) is 6.67. The van der Waals surface area contributed by atoms with E-state index in [-0.39, 0.29) is 0 Å². The highest BCUT2D eigenvalue weighted by Gasteiger charge is 2.08. The maximum atomic E-state index is 5.85. The Hall–Kier alpha value is -2.95. The molecule has 4 aromatic rings. The topological polar surface area (TPSA) is 56.7 Å². The maximum absolute atomic E-state index is 5.85. The number of nitrogens with zero attached hydrogens (tertiary/aromatic N) is 4. The van der Waals surface area contributed by atoms with Crippen LogP contribution in [0.2, 0.25) is 0 Å². The predicted octanol–water partition coefficient (Wildman–Crippen LogP) is 3.00. The van der Waals surface area contributed by atoms with Crippen molar-refractivity contribution in [1.29, 1.82) is 0 Å². The van der Waals surface area contributed by atoms with Crippen LogP contribution in [0.25, 0.3) is 16.8 Å². The predicted molar refractivity (Wildman–Crippen MR) is 78.2 cm³/mol. The van der Waals surface area contributed by atoms with Crippen LogP contribution < -0.4 is 0 Å². The Morgan fingerprint density at radius 3 is 2.57 bits per heavy atom. The van der Waals surface area contributed by atoms with Crippen LogP contribution in [0.1, 0.15) is 11.5 Å². The molecule has 5 heteroatoms. The van der Waals surface area contributed by atoms with E-state index in [1.54, 1.807) is 12.7 Å². The Morgan fingerprint density at radius 1 is 0.952 bits per heavy atom. The van der Waals surface area contributed by atoms with Crippen molar-refractivity contribution in [2.75, 3.05) is 0 Å². The fraction of sp³-hybridized carbons (Fsp3) is 0.0625. The molecule has 2 heterocycles. The number of hydrogen-bond donors (Lipinski definition) is 0. The van der Waals surface area contributed by atoms with Gasteiger partial charge in [0.25, 0.3) is 0 Å². The third kappa shape index (κ3) is 2.29. The number of rotatable bonds is 3. The molecule has 0 unspecified atom stereocenters. The van der Waals surface area contributed by atoms with Crippen LogP contribution in [0.4, 0.5) is 0 Å². The highest BCUT2D eigenvalue weighted by Crippen LogP contribution is 2.21. The molecule has 4 rings (SSSR count). The lowest BCUT2D eigenvalue weighted by Gasteiger charge is -1.98. The Bertz CT molecular complexity index is 866. The van der Waals surface area contributed by atoms with Gasteiger partial charge in [0, 0.05) is 12.5 Å². The quantitative estimate of drug-likeness (QED) is 0.577. The highest BCUT2D eigenvalue weighted by molar-refractivity contribution is 5.75. The minimum atomic E-state index is 0.692. The van der Waals surface area contributed by atoms with Gasteiger partial charge in [-0.3, -0.25) is 4.57 Å². The van der Waals surface area contributed by atoms with Gasteiger partial charge in [-0.05, 0) is 17.7 Å². The van der Waals surface area contributed by atoms with Crippen LogP contribution in [0.15, 0.2) is 65.6 Å². The van der Waals surface area contributed by atoms with Crippen molar-refractivity contribution in [3.05, 3.63) is 72.6 Å². The summed E-state index contributed by atoms with van der Waals surface area (Å²) in [6.07, 6.45) is 4.00. The lowest BCUT2D eigenvalue weighted by atomic mass is 10.1. The molecule has 2 aromatic carbocycles. The minimum Gasteiger partial charge on any atom is -0.440 e. The van der Waals surface area contributed by atoms with E-state index >= 15 is 0 Å². The van der Waals surface area contributed by atoms with Crippen molar-refractivity contribution in [3.8, 4) is 5.69 Å². The van der Waals surface area contributed by atoms with Crippen LogP contribution in [-0.2, 0) is 6.42 Å². The zero-order chi connectivity index (χ0) is 14.1. The van der Waals surface area contributed by atoms with Crippen molar-refractivity contribution in [2.45, 2.75) is 6.42 Å². The van der Waals surface area contributed by atoms with Crippen molar-refractivity contribution in [2.24, 2.45) is 0 Å². The Labute approximate surface area is 120 Å². The number of aromatic nitrogens is 4. The Balaban J connectivity index is 1.70. The zero-order valence-electron chi connectivity index (χ0n) is 11.2. The Kier molecular flexibility index (Phi) is 2.74. The zero-order valence-corrected chi connectivity index (χ0v) is 11.2. The van der Waals surface area contributed by atoms with Crippen LogP contribution >= 0.6 is 0 Å². The SMILES string of the molecule is c1ccc(Cc2nc3ccc(-n4cnnc4)cc3o2)cc1. The summed E-state index contributed by atoms with van der Waals surface area (Å²) in [6.45, 7) is 0. The molecule has 0 amide bonds. The van der Waals surface area contributed by atoms with Crippen LogP contribution in [0, 0.1) is 0 Å². The molecule has 0 fully saturated rings.